The van der Waals surface area contributed by atoms with Gasteiger partial charge in [0.2, 0.25) is 5.95 Å². The Balaban J connectivity index is 0.000000180. The number of pyridine rings is 1. The second-order valence-corrected chi connectivity index (χ2v) is 9.27. The highest BCUT2D eigenvalue weighted by atomic mass is 16.5. The minimum atomic E-state index is -0.0218. The summed E-state index contributed by atoms with van der Waals surface area (Å²) in [6.45, 7) is 5.36. The van der Waals surface area contributed by atoms with E-state index in [0.717, 1.165) is 16.7 Å². The predicted molar refractivity (Wildman–Crippen MR) is 143 cm³/mol. The quantitative estimate of drug-likeness (QED) is 0.461. The molecule has 2 N–H and O–H groups in total. The molecule has 2 atom stereocenters. The first kappa shape index (κ1) is 25.8. The SMILES string of the molecule is CC1CN(C(=O)c2ccccc2)CC(C)O1.CN(C)C(=O)c1ccc(-c2cccn3nc(N)nc23)cc1. The van der Waals surface area contributed by atoms with E-state index in [0.29, 0.717) is 24.3 Å². The maximum Gasteiger partial charge on any atom is 0.254 e. The Morgan fingerprint density at radius 1 is 0.919 bits per heavy atom. The smallest absolute Gasteiger partial charge is 0.254 e. The fourth-order valence-corrected chi connectivity index (χ4v) is 4.31. The summed E-state index contributed by atoms with van der Waals surface area (Å²) >= 11 is 0. The lowest BCUT2D eigenvalue weighted by molar-refractivity contribution is -0.0586. The van der Waals surface area contributed by atoms with Gasteiger partial charge in [-0.25, -0.2) is 4.52 Å². The summed E-state index contributed by atoms with van der Waals surface area (Å²) in [6.07, 6.45) is 2.04. The van der Waals surface area contributed by atoms with Crippen molar-refractivity contribution in [3.05, 3.63) is 84.1 Å². The van der Waals surface area contributed by atoms with Crippen LogP contribution in [0.2, 0.25) is 0 Å². The van der Waals surface area contributed by atoms with Crippen molar-refractivity contribution in [1.29, 1.82) is 0 Å². The van der Waals surface area contributed by atoms with Crippen LogP contribution in [0.15, 0.2) is 72.9 Å². The summed E-state index contributed by atoms with van der Waals surface area (Å²) < 4.78 is 7.25. The second-order valence-electron chi connectivity index (χ2n) is 9.27. The van der Waals surface area contributed by atoms with Gasteiger partial charge >= 0.3 is 0 Å². The zero-order chi connectivity index (χ0) is 26.5. The zero-order valence-electron chi connectivity index (χ0n) is 21.5. The van der Waals surface area contributed by atoms with E-state index in [-0.39, 0.29) is 30.0 Å². The highest BCUT2D eigenvalue weighted by Crippen LogP contribution is 2.24. The molecule has 0 aliphatic carbocycles. The third-order valence-corrected chi connectivity index (χ3v) is 5.96. The van der Waals surface area contributed by atoms with Crippen LogP contribution in [-0.2, 0) is 4.74 Å². The van der Waals surface area contributed by atoms with E-state index >= 15 is 0 Å². The van der Waals surface area contributed by atoms with Crippen LogP contribution in [0.25, 0.3) is 16.8 Å². The number of anilines is 1. The van der Waals surface area contributed by atoms with E-state index < -0.39 is 0 Å². The minimum Gasteiger partial charge on any atom is -0.372 e. The number of morpholine rings is 1. The molecule has 1 aliphatic heterocycles. The van der Waals surface area contributed by atoms with Crippen molar-refractivity contribution in [2.45, 2.75) is 26.1 Å². The largest absolute Gasteiger partial charge is 0.372 e. The molecule has 0 radical (unpaired) electrons. The standard InChI is InChI=1S/C15H15N5O.C13H17NO2/c1-19(2)14(21)11-7-5-10(6-8-11)12-4-3-9-20-13(12)17-15(16)18-20;1-10-8-14(9-11(2)16-10)13(15)12-6-4-3-5-7-12/h3-9H,1-2H3,(H2,16,18);3-7,10-11H,8-9H2,1-2H3. The molecule has 2 aromatic heterocycles. The number of fused-ring (bicyclic) bond motifs is 1. The lowest BCUT2D eigenvalue weighted by Gasteiger charge is -2.35. The molecular formula is C28H32N6O3. The van der Waals surface area contributed by atoms with Crippen LogP contribution in [0.4, 0.5) is 5.95 Å². The summed E-state index contributed by atoms with van der Waals surface area (Å²) in [4.78, 5) is 31.7. The molecule has 1 fully saturated rings. The van der Waals surface area contributed by atoms with Gasteiger partial charge in [0.05, 0.1) is 12.2 Å². The average Bonchev–Trinajstić information content (AvgIpc) is 3.28. The van der Waals surface area contributed by atoms with Gasteiger partial charge in [-0.05, 0) is 55.8 Å². The maximum absolute atomic E-state index is 12.2. The summed E-state index contributed by atoms with van der Waals surface area (Å²) in [6, 6.07) is 20.7. The number of hydrogen-bond acceptors (Lipinski definition) is 6. The molecule has 5 rings (SSSR count). The van der Waals surface area contributed by atoms with Gasteiger partial charge in [-0.1, -0.05) is 30.3 Å². The van der Waals surface area contributed by atoms with Crippen molar-refractivity contribution >= 4 is 23.4 Å². The Labute approximate surface area is 216 Å². The Kier molecular flexibility index (Phi) is 7.83. The molecular weight excluding hydrogens is 468 g/mol. The summed E-state index contributed by atoms with van der Waals surface area (Å²) in [5, 5.41) is 4.09. The number of aromatic nitrogens is 3. The van der Waals surface area contributed by atoms with Crippen LogP contribution in [0.1, 0.15) is 34.6 Å². The molecule has 1 saturated heterocycles. The van der Waals surface area contributed by atoms with E-state index in [9.17, 15) is 9.59 Å². The van der Waals surface area contributed by atoms with Crippen molar-refractivity contribution in [3.63, 3.8) is 0 Å². The van der Waals surface area contributed by atoms with Crippen LogP contribution in [-0.4, -0.2) is 75.6 Å². The topological polar surface area (TPSA) is 106 Å². The Morgan fingerprint density at radius 3 is 2.19 bits per heavy atom. The normalized spacial score (nSPS) is 17.1. The zero-order valence-corrected chi connectivity index (χ0v) is 21.5. The van der Waals surface area contributed by atoms with Gasteiger partial charge in [0.15, 0.2) is 5.65 Å². The first-order valence-electron chi connectivity index (χ1n) is 12.2. The highest BCUT2D eigenvalue weighted by molar-refractivity contribution is 5.95. The number of rotatable bonds is 3. The minimum absolute atomic E-state index is 0.0218. The lowest BCUT2D eigenvalue weighted by Crippen LogP contribution is -2.48. The second kappa shape index (κ2) is 11.2. The Hall–Kier alpha value is -4.24. The van der Waals surface area contributed by atoms with Gasteiger partial charge < -0.3 is 20.3 Å². The van der Waals surface area contributed by atoms with Gasteiger partial charge in [-0.15, -0.1) is 5.10 Å². The number of amides is 2. The fraction of sp³-hybridized carbons (Fsp3) is 0.286. The number of nitrogens with zero attached hydrogens (tertiary/aromatic N) is 5. The number of carbonyl (C=O) groups excluding carboxylic acids is 2. The summed E-state index contributed by atoms with van der Waals surface area (Å²) in [5.74, 6) is 0.316. The number of nitrogens with two attached hydrogens (primary N) is 1. The van der Waals surface area contributed by atoms with Gasteiger partial charge in [-0.2, -0.15) is 4.98 Å². The molecule has 2 amide bonds. The Bertz CT molecular complexity index is 1360. The molecule has 0 bridgehead atoms. The van der Waals surface area contributed by atoms with Crippen LogP contribution in [0, 0.1) is 0 Å². The fourth-order valence-electron chi connectivity index (χ4n) is 4.31. The van der Waals surface area contributed by atoms with E-state index in [2.05, 4.69) is 10.1 Å². The Morgan fingerprint density at radius 2 is 1.57 bits per heavy atom. The van der Waals surface area contributed by atoms with E-state index in [1.807, 2.05) is 73.3 Å². The molecule has 37 heavy (non-hydrogen) atoms. The van der Waals surface area contributed by atoms with Crippen molar-refractivity contribution in [1.82, 2.24) is 24.4 Å². The highest BCUT2D eigenvalue weighted by Gasteiger charge is 2.26. The number of carbonyl (C=O) groups is 2. The van der Waals surface area contributed by atoms with Crippen LogP contribution in [0.5, 0.6) is 0 Å². The molecule has 9 heteroatoms. The van der Waals surface area contributed by atoms with Gasteiger partial charge in [0, 0.05) is 50.1 Å². The van der Waals surface area contributed by atoms with E-state index in [4.69, 9.17) is 10.5 Å². The first-order chi connectivity index (χ1) is 17.7. The molecule has 0 spiro atoms. The lowest BCUT2D eigenvalue weighted by atomic mass is 10.0. The molecule has 2 unspecified atom stereocenters. The summed E-state index contributed by atoms with van der Waals surface area (Å²) in [5.41, 5.74) is 9.62. The molecule has 4 aromatic rings. The molecule has 9 nitrogen and oxygen atoms in total. The summed E-state index contributed by atoms with van der Waals surface area (Å²) in [7, 11) is 3.46. The van der Waals surface area contributed by atoms with Crippen molar-refractivity contribution in [2.75, 3.05) is 32.9 Å². The van der Waals surface area contributed by atoms with Crippen LogP contribution < -0.4 is 5.73 Å². The number of hydrogen-bond donors (Lipinski definition) is 1. The molecule has 0 saturated carbocycles. The predicted octanol–water partition coefficient (Wildman–Crippen LogP) is 3.62. The third kappa shape index (κ3) is 6.13. The molecule has 2 aromatic carbocycles. The van der Waals surface area contributed by atoms with E-state index in [1.54, 1.807) is 41.8 Å². The van der Waals surface area contributed by atoms with Crippen molar-refractivity contribution < 1.29 is 14.3 Å². The third-order valence-electron chi connectivity index (χ3n) is 5.96. The van der Waals surface area contributed by atoms with Crippen LogP contribution in [0.3, 0.4) is 0 Å². The average molecular weight is 501 g/mol. The number of benzene rings is 2. The maximum atomic E-state index is 12.2. The van der Waals surface area contributed by atoms with Crippen LogP contribution >= 0.6 is 0 Å². The number of nitrogen functional groups attached to an aromatic ring is 1. The van der Waals surface area contributed by atoms with E-state index in [1.165, 1.54) is 0 Å². The molecule has 1 aliphatic rings. The van der Waals surface area contributed by atoms with Gasteiger partial charge in [0.1, 0.15) is 0 Å². The number of ether oxygens (including phenoxy) is 1. The van der Waals surface area contributed by atoms with Crippen molar-refractivity contribution in [3.8, 4) is 11.1 Å². The molecule has 3 heterocycles. The molecule has 192 valence electrons. The van der Waals surface area contributed by atoms with Gasteiger partial charge in [-0.3, -0.25) is 9.59 Å². The van der Waals surface area contributed by atoms with Crippen molar-refractivity contribution in [2.24, 2.45) is 0 Å². The monoisotopic (exact) mass is 500 g/mol. The van der Waals surface area contributed by atoms with Gasteiger partial charge in [0.25, 0.3) is 11.8 Å². The first-order valence-corrected chi connectivity index (χ1v) is 12.2.